The summed E-state index contributed by atoms with van der Waals surface area (Å²) in [7, 11) is 1.86. The van der Waals surface area contributed by atoms with E-state index in [-0.39, 0.29) is 17.7 Å². The van der Waals surface area contributed by atoms with Crippen molar-refractivity contribution in [1.29, 1.82) is 0 Å². The van der Waals surface area contributed by atoms with Crippen LogP contribution in [0.3, 0.4) is 0 Å². The Bertz CT molecular complexity index is 784. The van der Waals surface area contributed by atoms with Crippen molar-refractivity contribution < 1.29 is 9.59 Å². The second-order valence-electron chi connectivity index (χ2n) is 7.11. The molecular weight excluding hydrogens is 332 g/mol. The van der Waals surface area contributed by atoms with Gasteiger partial charge in [0.25, 0.3) is 0 Å². The molecule has 0 radical (unpaired) electrons. The van der Waals surface area contributed by atoms with E-state index in [1.807, 2.05) is 14.0 Å². The number of nitrogens with two attached hydrogens (primary N) is 1. The first kappa shape index (κ1) is 18.1. The van der Waals surface area contributed by atoms with Gasteiger partial charge in [0.15, 0.2) is 5.66 Å². The summed E-state index contributed by atoms with van der Waals surface area (Å²) >= 11 is 0. The number of carbonyl (C=O) groups excluding carboxylic acids is 2. The molecule has 1 fully saturated rings. The van der Waals surface area contributed by atoms with Crippen LogP contribution >= 0.6 is 0 Å². The molecule has 3 heterocycles. The van der Waals surface area contributed by atoms with Crippen molar-refractivity contribution >= 4 is 11.8 Å². The number of aryl methyl sites for hydroxylation is 1. The van der Waals surface area contributed by atoms with E-state index in [1.165, 1.54) is 0 Å². The van der Waals surface area contributed by atoms with Crippen LogP contribution in [0.2, 0.25) is 0 Å². The number of carbonyl (C=O) groups is 2. The van der Waals surface area contributed by atoms with Gasteiger partial charge in [0, 0.05) is 57.4 Å². The number of rotatable bonds is 7. The second-order valence-corrected chi connectivity index (χ2v) is 7.11. The molecule has 3 rings (SSSR count). The normalized spacial score (nSPS) is 23.0. The maximum atomic E-state index is 12.7. The van der Waals surface area contributed by atoms with Crippen molar-refractivity contribution in [3.63, 3.8) is 0 Å². The Hall–Kier alpha value is -2.69. The van der Waals surface area contributed by atoms with E-state index in [1.54, 1.807) is 15.8 Å². The standard InChI is InChI=1S/C18H24N6O2/c1-4-5-7-18(21-22-18)8-6-16(25)24-10-14(15(11-24)17(19)26)13-9-20-23(3)12(13)2/h1,9,14-15H,5-8,10-11H2,2-3H3,(H2,19,26)/t14-,15+/m0/s1. The highest BCUT2D eigenvalue weighted by atomic mass is 16.2. The molecule has 8 nitrogen and oxygen atoms in total. The highest BCUT2D eigenvalue weighted by Crippen LogP contribution is 2.39. The molecule has 0 unspecified atom stereocenters. The number of hydrogen-bond donors (Lipinski definition) is 1. The minimum atomic E-state index is -0.468. The van der Waals surface area contributed by atoms with Gasteiger partial charge in [-0.25, -0.2) is 0 Å². The number of aromatic nitrogens is 2. The lowest BCUT2D eigenvalue weighted by Crippen LogP contribution is -2.32. The molecule has 2 aliphatic rings. The van der Waals surface area contributed by atoms with E-state index in [0.717, 1.165) is 11.3 Å². The third-order valence-corrected chi connectivity index (χ3v) is 5.50. The molecule has 2 aliphatic heterocycles. The molecule has 0 saturated carbocycles. The smallest absolute Gasteiger partial charge is 0.223 e. The Labute approximate surface area is 152 Å². The lowest BCUT2D eigenvalue weighted by molar-refractivity contribution is -0.130. The number of terminal acetylenes is 1. The van der Waals surface area contributed by atoms with E-state index < -0.39 is 11.6 Å². The van der Waals surface area contributed by atoms with Gasteiger partial charge in [-0.05, 0) is 12.5 Å². The van der Waals surface area contributed by atoms with E-state index in [0.29, 0.717) is 38.8 Å². The second kappa shape index (κ2) is 6.90. The van der Waals surface area contributed by atoms with Gasteiger partial charge in [0.1, 0.15) is 0 Å². The third kappa shape index (κ3) is 3.47. The van der Waals surface area contributed by atoms with Crippen molar-refractivity contribution in [1.82, 2.24) is 14.7 Å². The van der Waals surface area contributed by atoms with E-state index in [9.17, 15) is 9.59 Å². The molecule has 138 valence electrons. The van der Waals surface area contributed by atoms with Gasteiger partial charge in [-0.3, -0.25) is 14.3 Å². The molecule has 1 aromatic heterocycles. The largest absolute Gasteiger partial charge is 0.369 e. The van der Waals surface area contributed by atoms with Crippen LogP contribution in [0, 0.1) is 25.2 Å². The quantitative estimate of drug-likeness (QED) is 0.740. The van der Waals surface area contributed by atoms with Crippen LogP contribution in [-0.4, -0.2) is 45.2 Å². The fraction of sp³-hybridized carbons (Fsp3) is 0.611. The fourth-order valence-electron chi connectivity index (χ4n) is 3.62. The lowest BCUT2D eigenvalue weighted by Gasteiger charge is -2.17. The number of likely N-dealkylation sites (tertiary alicyclic amines) is 1. The minimum absolute atomic E-state index is 0.00215. The maximum absolute atomic E-state index is 12.7. The highest BCUT2D eigenvalue weighted by molar-refractivity contribution is 5.82. The van der Waals surface area contributed by atoms with Crippen LogP contribution in [0.1, 0.15) is 42.9 Å². The molecule has 2 atom stereocenters. The average molecular weight is 356 g/mol. The topological polar surface area (TPSA) is 106 Å². The van der Waals surface area contributed by atoms with Crippen LogP contribution in [0.5, 0.6) is 0 Å². The number of nitrogens with zero attached hydrogens (tertiary/aromatic N) is 5. The molecule has 1 aromatic rings. The summed E-state index contributed by atoms with van der Waals surface area (Å²) in [6.07, 6.45) is 9.22. The monoisotopic (exact) mass is 356 g/mol. The first-order chi connectivity index (χ1) is 12.4. The molecule has 0 aliphatic carbocycles. The number of amides is 2. The van der Waals surface area contributed by atoms with E-state index in [2.05, 4.69) is 21.2 Å². The fourth-order valence-corrected chi connectivity index (χ4v) is 3.62. The molecule has 26 heavy (non-hydrogen) atoms. The Morgan fingerprint density at radius 3 is 2.65 bits per heavy atom. The van der Waals surface area contributed by atoms with Gasteiger partial charge in [-0.1, -0.05) is 0 Å². The van der Waals surface area contributed by atoms with Crippen molar-refractivity contribution in [2.45, 2.75) is 44.2 Å². The summed E-state index contributed by atoms with van der Waals surface area (Å²) < 4.78 is 1.77. The Balaban J connectivity index is 1.64. The summed E-state index contributed by atoms with van der Waals surface area (Å²) in [6, 6.07) is 0. The molecular formula is C18H24N6O2. The van der Waals surface area contributed by atoms with Crippen LogP contribution in [0.15, 0.2) is 16.4 Å². The van der Waals surface area contributed by atoms with Gasteiger partial charge in [-0.15, -0.1) is 12.3 Å². The Kier molecular flexibility index (Phi) is 4.81. The van der Waals surface area contributed by atoms with Crippen LogP contribution < -0.4 is 5.73 Å². The van der Waals surface area contributed by atoms with Crippen LogP contribution in [0.25, 0.3) is 0 Å². The Morgan fingerprint density at radius 2 is 2.12 bits per heavy atom. The molecule has 2 amide bonds. The van der Waals surface area contributed by atoms with E-state index >= 15 is 0 Å². The SMILES string of the molecule is C#CCCC1(CCC(=O)N2C[C@@H](C(N)=O)[C@H](c3cnn(C)c3C)C2)N=N1. The number of hydrogen-bond acceptors (Lipinski definition) is 5. The van der Waals surface area contributed by atoms with Crippen molar-refractivity contribution in [3.05, 3.63) is 17.5 Å². The third-order valence-electron chi connectivity index (χ3n) is 5.50. The van der Waals surface area contributed by atoms with Crippen LogP contribution in [-0.2, 0) is 16.6 Å². The molecule has 0 bridgehead atoms. The summed E-state index contributed by atoms with van der Waals surface area (Å²) in [5.41, 5.74) is 7.09. The van der Waals surface area contributed by atoms with Gasteiger partial charge in [-0.2, -0.15) is 15.3 Å². The van der Waals surface area contributed by atoms with Crippen molar-refractivity contribution in [3.8, 4) is 12.3 Å². The van der Waals surface area contributed by atoms with E-state index in [4.69, 9.17) is 12.2 Å². The summed E-state index contributed by atoms with van der Waals surface area (Å²) in [5, 5.41) is 12.4. The summed E-state index contributed by atoms with van der Waals surface area (Å²) in [4.78, 5) is 26.3. The average Bonchev–Trinajstić information content (AvgIpc) is 3.12. The van der Waals surface area contributed by atoms with Gasteiger partial charge < -0.3 is 10.6 Å². The highest BCUT2D eigenvalue weighted by Gasteiger charge is 2.43. The molecule has 1 saturated heterocycles. The first-order valence-corrected chi connectivity index (χ1v) is 8.80. The maximum Gasteiger partial charge on any atom is 0.223 e. The summed E-state index contributed by atoms with van der Waals surface area (Å²) in [5.74, 6) is 1.69. The van der Waals surface area contributed by atoms with Crippen LogP contribution in [0.4, 0.5) is 0 Å². The van der Waals surface area contributed by atoms with Gasteiger partial charge in [0.05, 0.1) is 12.1 Å². The molecule has 0 spiro atoms. The van der Waals surface area contributed by atoms with Crippen molar-refractivity contribution in [2.75, 3.05) is 13.1 Å². The van der Waals surface area contributed by atoms with Gasteiger partial charge >= 0.3 is 0 Å². The molecule has 0 aromatic carbocycles. The predicted molar refractivity (Wildman–Crippen MR) is 94.8 cm³/mol. The summed E-state index contributed by atoms with van der Waals surface area (Å²) in [6.45, 7) is 2.78. The zero-order valence-electron chi connectivity index (χ0n) is 15.2. The molecule has 8 heteroatoms. The Morgan fingerprint density at radius 1 is 1.38 bits per heavy atom. The van der Waals surface area contributed by atoms with Gasteiger partial charge in [0.2, 0.25) is 11.8 Å². The minimum Gasteiger partial charge on any atom is -0.369 e. The van der Waals surface area contributed by atoms with Crippen molar-refractivity contribution in [2.24, 2.45) is 28.9 Å². The zero-order chi connectivity index (χ0) is 18.9. The zero-order valence-corrected chi connectivity index (χ0v) is 15.2. The number of primary amides is 1. The predicted octanol–water partition coefficient (Wildman–Crippen LogP) is 1.11. The molecule has 2 N–H and O–H groups in total. The lowest BCUT2D eigenvalue weighted by atomic mass is 9.89. The first-order valence-electron chi connectivity index (χ1n) is 8.80.